The van der Waals surface area contributed by atoms with Crippen LogP contribution in [0.2, 0.25) is 0 Å². The van der Waals surface area contributed by atoms with E-state index < -0.39 is 0 Å². The van der Waals surface area contributed by atoms with Gasteiger partial charge in [0.2, 0.25) is 5.91 Å². The first-order chi connectivity index (χ1) is 11.6. The van der Waals surface area contributed by atoms with Gasteiger partial charge in [-0.15, -0.1) is 11.3 Å². The van der Waals surface area contributed by atoms with Crippen molar-refractivity contribution < 1.29 is 4.79 Å². The topological polar surface area (TPSA) is 42.0 Å². The molecular weight excluding hydrogens is 316 g/mol. The number of benzene rings is 2. The van der Waals surface area contributed by atoms with E-state index in [9.17, 15) is 4.79 Å². The molecule has 122 valence electrons. The molecule has 24 heavy (non-hydrogen) atoms. The van der Waals surface area contributed by atoms with Crippen molar-refractivity contribution in [1.82, 2.24) is 4.98 Å². The lowest BCUT2D eigenvalue weighted by atomic mass is 10.0. The zero-order chi connectivity index (χ0) is 16.9. The number of rotatable bonds is 5. The van der Waals surface area contributed by atoms with Crippen molar-refractivity contribution in [2.75, 3.05) is 5.32 Å². The van der Waals surface area contributed by atoms with Crippen LogP contribution in [0.15, 0.2) is 60.0 Å². The number of hydrogen-bond acceptors (Lipinski definition) is 3. The van der Waals surface area contributed by atoms with E-state index in [4.69, 9.17) is 0 Å². The molecule has 2 aromatic carbocycles. The minimum Gasteiger partial charge on any atom is -0.302 e. The molecule has 3 nitrogen and oxygen atoms in total. The molecule has 0 unspecified atom stereocenters. The van der Waals surface area contributed by atoms with Crippen LogP contribution in [0.5, 0.6) is 0 Å². The summed E-state index contributed by atoms with van der Waals surface area (Å²) in [6, 6.07) is 18.6. The normalized spacial score (nSPS) is 10.8. The first-order valence-corrected chi connectivity index (χ1v) is 8.91. The van der Waals surface area contributed by atoms with Crippen LogP contribution in [0.3, 0.4) is 0 Å². The Bertz CT molecular complexity index is 807. The number of nitrogens with one attached hydrogen (secondary N) is 1. The summed E-state index contributed by atoms with van der Waals surface area (Å²) < 4.78 is 0. The zero-order valence-electron chi connectivity index (χ0n) is 13.8. The lowest BCUT2D eigenvalue weighted by Crippen LogP contribution is -2.13. The van der Waals surface area contributed by atoms with E-state index in [1.807, 2.05) is 37.4 Å². The number of thiazole rings is 1. The van der Waals surface area contributed by atoms with Crippen molar-refractivity contribution in [3.63, 3.8) is 0 Å². The standard InChI is InChI=1S/C20H20N2OS/c1-14(2)12-19(23)22-20-21-18(13-24-20)17-10-8-16(9-11-17)15-6-4-3-5-7-15/h3-11,13-14H,12H2,1-2H3,(H,21,22,23). The number of nitrogens with zero attached hydrogens (tertiary/aromatic N) is 1. The van der Waals surface area contributed by atoms with Crippen LogP contribution < -0.4 is 5.32 Å². The molecule has 0 bridgehead atoms. The second kappa shape index (κ2) is 7.41. The first-order valence-electron chi connectivity index (χ1n) is 8.03. The van der Waals surface area contributed by atoms with Crippen molar-refractivity contribution in [2.24, 2.45) is 5.92 Å². The number of hydrogen-bond donors (Lipinski definition) is 1. The van der Waals surface area contributed by atoms with Crippen LogP contribution in [-0.4, -0.2) is 10.9 Å². The number of amides is 1. The Labute approximate surface area is 146 Å². The molecule has 0 radical (unpaired) electrons. The molecule has 4 heteroatoms. The summed E-state index contributed by atoms with van der Waals surface area (Å²) in [5.74, 6) is 0.361. The van der Waals surface area contributed by atoms with Gasteiger partial charge in [-0.05, 0) is 17.0 Å². The van der Waals surface area contributed by atoms with Crippen LogP contribution in [0, 0.1) is 5.92 Å². The largest absolute Gasteiger partial charge is 0.302 e. The quantitative estimate of drug-likeness (QED) is 0.672. The minimum atomic E-state index is 0.0188. The summed E-state index contributed by atoms with van der Waals surface area (Å²) in [6.45, 7) is 4.06. The maximum Gasteiger partial charge on any atom is 0.226 e. The van der Waals surface area contributed by atoms with Gasteiger partial charge >= 0.3 is 0 Å². The zero-order valence-corrected chi connectivity index (χ0v) is 14.6. The van der Waals surface area contributed by atoms with Crippen molar-refractivity contribution in [2.45, 2.75) is 20.3 Å². The molecule has 0 saturated carbocycles. The summed E-state index contributed by atoms with van der Waals surface area (Å²) in [7, 11) is 0. The van der Waals surface area contributed by atoms with E-state index in [0.717, 1.165) is 11.3 Å². The maximum atomic E-state index is 11.8. The van der Waals surface area contributed by atoms with Gasteiger partial charge < -0.3 is 5.32 Å². The van der Waals surface area contributed by atoms with Crippen LogP contribution >= 0.6 is 11.3 Å². The summed E-state index contributed by atoms with van der Waals surface area (Å²) in [5, 5.41) is 5.50. The smallest absolute Gasteiger partial charge is 0.226 e. The Morgan fingerprint density at radius 3 is 2.29 bits per heavy atom. The number of carbonyl (C=O) groups is 1. The Hall–Kier alpha value is -2.46. The van der Waals surface area contributed by atoms with Crippen molar-refractivity contribution >= 4 is 22.4 Å². The molecule has 0 spiro atoms. The average molecular weight is 336 g/mol. The monoisotopic (exact) mass is 336 g/mol. The lowest BCUT2D eigenvalue weighted by Gasteiger charge is -2.04. The summed E-state index contributed by atoms with van der Waals surface area (Å²) in [5.41, 5.74) is 4.32. The van der Waals surface area contributed by atoms with E-state index in [0.29, 0.717) is 17.5 Å². The highest BCUT2D eigenvalue weighted by Gasteiger charge is 2.09. The third-order valence-corrected chi connectivity index (χ3v) is 4.39. The van der Waals surface area contributed by atoms with Crippen LogP contribution in [0.4, 0.5) is 5.13 Å². The van der Waals surface area contributed by atoms with E-state index in [1.165, 1.54) is 22.5 Å². The molecule has 0 fully saturated rings. The molecule has 1 amide bonds. The third-order valence-electron chi connectivity index (χ3n) is 3.63. The molecule has 0 atom stereocenters. The van der Waals surface area contributed by atoms with Crippen LogP contribution in [0.25, 0.3) is 22.4 Å². The van der Waals surface area contributed by atoms with Gasteiger partial charge in [-0.1, -0.05) is 68.4 Å². The van der Waals surface area contributed by atoms with E-state index >= 15 is 0 Å². The molecule has 3 rings (SSSR count). The van der Waals surface area contributed by atoms with Crippen molar-refractivity contribution in [3.8, 4) is 22.4 Å². The molecule has 0 aliphatic heterocycles. The Kier molecular flexibility index (Phi) is 5.06. The Balaban J connectivity index is 1.72. The first kappa shape index (κ1) is 16.4. The van der Waals surface area contributed by atoms with Gasteiger partial charge in [0.25, 0.3) is 0 Å². The van der Waals surface area contributed by atoms with Crippen LogP contribution in [0.1, 0.15) is 20.3 Å². The molecule has 1 aromatic heterocycles. The lowest BCUT2D eigenvalue weighted by molar-refractivity contribution is -0.116. The summed E-state index contributed by atoms with van der Waals surface area (Å²) in [4.78, 5) is 16.3. The second-order valence-electron chi connectivity index (χ2n) is 6.13. The van der Waals surface area contributed by atoms with Gasteiger partial charge in [-0.25, -0.2) is 4.98 Å². The number of carbonyl (C=O) groups excluding carboxylic acids is 1. The Morgan fingerprint density at radius 2 is 1.62 bits per heavy atom. The SMILES string of the molecule is CC(C)CC(=O)Nc1nc(-c2ccc(-c3ccccc3)cc2)cs1. The molecular formula is C20H20N2OS. The molecule has 0 aliphatic carbocycles. The fourth-order valence-corrected chi connectivity index (χ4v) is 3.20. The highest BCUT2D eigenvalue weighted by atomic mass is 32.1. The van der Waals surface area contributed by atoms with E-state index in [2.05, 4.69) is 46.7 Å². The van der Waals surface area contributed by atoms with Gasteiger partial charge in [0.1, 0.15) is 0 Å². The van der Waals surface area contributed by atoms with Crippen LogP contribution in [-0.2, 0) is 4.79 Å². The van der Waals surface area contributed by atoms with Gasteiger partial charge in [-0.2, -0.15) is 0 Å². The predicted octanol–water partition coefficient (Wildman–Crippen LogP) is 5.46. The summed E-state index contributed by atoms with van der Waals surface area (Å²) in [6.07, 6.45) is 0.515. The van der Waals surface area contributed by atoms with Gasteiger partial charge in [0.15, 0.2) is 5.13 Å². The number of anilines is 1. The molecule has 1 heterocycles. The molecule has 0 saturated heterocycles. The molecule has 3 aromatic rings. The van der Waals surface area contributed by atoms with E-state index in [1.54, 1.807) is 0 Å². The third kappa shape index (κ3) is 4.09. The van der Waals surface area contributed by atoms with Gasteiger partial charge in [0.05, 0.1) is 5.69 Å². The number of aromatic nitrogens is 1. The van der Waals surface area contributed by atoms with E-state index in [-0.39, 0.29) is 5.91 Å². The average Bonchev–Trinajstić information content (AvgIpc) is 3.03. The van der Waals surface area contributed by atoms with Gasteiger partial charge in [-0.3, -0.25) is 4.79 Å². The van der Waals surface area contributed by atoms with Crippen molar-refractivity contribution in [3.05, 3.63) is 60.0 Å². The second-order valence-corrected chi connectivity index (χ2v) is 6.99. The fraction of sp³-hybridized carbons (Fsp3) is 0.200. The Morgan fingerprint density at radius 1 is 1.00 bits per heavy atom. The fourth-order valence-electron chi connectivity index (χ4n) is 2.47. The summed E-state index contributed by atoms with van der Waals surface area (Å²) >= 11 is 1.46. The maximum absolute atomic E-state index is 11.8. The molecule has 1 N–H and O–H groups in total. The highest BCUT2D eigenvalue weighted by Crippen LogP contribution is 2.27. The minimum absolute atomic E-state index is 0.0188. The molecule has 0 aliphatic rings. The predicted molar refractivity (Wildman–Crippen MR) is 101 cm³/mol. The van der Waals surface area contributed by atoms with Crippen molar-refractivity contribution in [1.29, 1.82) is 0 Å². The highest BCUT2D eigenvalue weighted by molar-refractivity contribution is 7.14. The van der Waals surface area contributed by atoms with Gasteiger partial charge in [0, 0.05) is 17.4 Å².